The van der Waals surface area contributed by atoms with E-state index in [0.717, 1.165) is 53.4 Å². The first-order chi connectivity index (χ1) is 15.5. The van der Waals surface area contributed by atoms with Crippen LogP contribution in [0.1, 0.15) is 28.2 Å². The van der Waals surface area contributed by atoms with Crippen LogP contribution in [-0.4, -0.2) is 31.2 Å². The molecule has 2 aromatic heterocycles. The number of nitrogens with one attached hydrogen (secondary N) is 1. The first-order valence-electron chi connectivity index (χ1n) is 10.8. The summed E-state index contributed by atoms with van der Waals surface area (Å²) < 4.78 is 2.00. The van der Waals surface area contributed by atoms with Crippen LogP contribution in [0, 0.1) is 13.8 Å². The van der Waals surface area contributed by atoms with Gasteiger partial charge in [-0.15, -0.1) is 0 Å². The van der Waals surface area contributed by atoms with Crippen molar-refractivity contribution in [1.82, 2.24) is 24.6 Å². The minimum atomic E-state index is -0.0695. The van der Waals surface area contributed by atoms with Crippen LogP contribution in [0.4, 0.5) is 5.69 Å². The van der Waals surface area contributed by atoms with Gasteiger partial charge in [0.1, 0.15) is 5.82 Å². The first kappa shape index (κ1) is 20.2. The van der Waals surface area contributed by atoms with Gasteiger partial charge in [0, 0.05) is 48.6 Å². The number of rotatable bonds is 4. The highest BCUT2D eigenvalue weighted by molar-refractivity contribution is 5.58. The molecular weight excluding hydrogens is 400 g/mol. The summed E-state index contributed by atoms with van der Waals surface area (Å²) in [6.45, 7) is 6.33. The van der Waals surface area contributed by atoms with Crippen molar-refractivity contribution < 1.29 is 0 Å². The van der Waals surface area contributed by atoms with Crippen molar-refractivity contribution in [1.29, 1.82) is 0 Å². The molecule has 5 rings (SSSR count). The van der Waals surface area contributed by atoms with Gasteiger partial charge < -0.3 is 10.7 Å². The second kappa shape index (κ2) is 8.09. The molecule has 3 heterocycles. The number of aromatic nitrogens is 4. The Hall–Kier alpha value is -3.71. The smallest absolute Gasteiger partial charge is 0.255 e. The predicted octanol–water partition coefficient (Wildman–Crippen LogP) is 3.38. The van der Waals surface area contributed by atoms with Gasteiger partial charge in [-0.25, -0.2) is 9.67 Å². The highest BCUT2D eigenvalue weighted by atomic mass is 16.1. The van der Waals surface area contributed by atoms with Crippen LogP contribution < -0.4 is 11.3 Å². The predicted molar refractivity (Wildman–Crippen MR) is 126 cm³/mol. The van der Waals surface area contributed by atoms with Crippen LogP contribution in [0.25, 0.3) is 17.1 Å². The molecule has 32 heavy (non-hydrogen) atoms. The third-order valence-corrected chi connectivity index (χ3v) is 6.16. The molecule has 0 bridgehead atoms. The number of benzene rings is 2. The fraction of sp³-hybridized carbons (Fsp3) is 0.240. The largest absolute Gasteiger partial charge is 0.399 e. The van der Waals surface area contributed by atoms with Gasteiger partial charge in [-0.3, -0.25) is 9.69 Å². The number of para-hydroxylation sites is 1. The zero-order valence-electron chi connectivity index (χ0n) is 18.3. The number of H-pyrrole nitrogens is 1. The van der Waals surface area contributed by atoms with Gasteiger partial charge in [0.15, 0.2) is 0 Å². The van der Waals surface area contributed by atoms with Gasteiger partial charge in [0.05, 0.1) is 22.6 Å². The highest BCUT2D eigenvalue weighted by Crippen LogP contribution is 2.24. The monoisotopic (exact) mass is 426 g/mol. The second-order valence-electron chi connectivity index (χ2n) is 8.32. The third kappa shape index (κ3) is 3.71. The van der Waals surface area contributed by atoms with Gasteiger partial charge in [-0.2, -0.15) is 5.10 Å². The van der Waals surface area contributed by atoms with E-state index in [1.54, 1.807) is 0 Å². The van der Waals surface area contributed by atoms with Crippen LogP contribution in [-0.2, 0) is 19.5 Å². The molecule has 3 N–H and O–H groups in total. The Kier molecular flexibility index (Phi) is 5.11. The second-order valence-corrected chi connectivity index (χ2v) is 8.32. The SMILES string of the molecule is Cc1nn(-c2ccccc2)c(C)c1CN1CCc2nc(-c3ccc(N)cc3)[nH]c(=O)c2C1. The zero-order chi connectivity index (χ0) is 22.2. The molecule has 7 heteroatoms. The van der Waals surface area contributed by atoms with E-state index in [-0.39, 0.29) is 5.56 Å². The molecule has 0 fully saturated rings. The maximum atomic E-state index is 12.9. The number of hydrogen-bond acceptors (Lipinski definition) is 5. The van der Waals surface area contributed by atoms with E-state index < -0.39 is 0 Å². The molecule has 0 saturated heterocycles. The van der Waals surface area contributed by atoms with Crippen LogP contribution in [0.3, 0.4) is 0 Å². The van der Waals surface area contributed by atoms with E-state index in [1.165, 1.54) is 5.56 Å². The molecule has 0 radical (unpaired) electrons. The Balaban J connectivity index is 1.39. The number of anilines is 1. The summed E-state index contributed by atoms with van der Waals surface area (Å²) in [5.74, 6) is 0.595. The minimum Gasteiger partial charge on any atom is -0.399 e. The molecule has 0 saturated carbocycles. The summed E-state index contributed by atoms with van der Waals surface area (Å²) in [6, 6.07) is 17.6. The van der Waals surface area contributed by atoms with E-state index in [0.29, 0.717) is 18.1 Å². The van der Waals surface area contributed by atoms with E-state index in [1.807, 2.05) is 54.1 Å². The normalized spacial score (nSPS) is 13.8. The molecule has 162 valence electrons. The van der Waals surface area contributed by atoms with Crippen molar-refractivity contribution in [2.75, 3.05) is 12.3 Å². The summed E-state index contributed by atoms with van der Waals surface area (Å²) in [5.41, 5.74) is 13.3. The van der Waals surface area contributed by atoms with E-state index in [2.05, 4.69) is 28.9 Å². The Morgan fingerprint density at radius 3 is 2.56 bits per heavy atom. The fourth-order valence-electron chi connectivity index (χ4n) is 4.34. The zero-order valence-corrected chi connectivity index (χ0v) is 18.3. The first-order valence-corrected chi connectivity index (χ1v) is 10.8. The quantitative estimate of drug-likeness (QED) is 0.488. The molecule has 0 aliphatic carbocycles. The number of nitrogen functional groups attached to an aromatic ring is 1. The maximum absolute atomic E-state index is 12.9. The number of fused-ring (bicyclic) bond motifs is 1. The topological polar surface area (TPSA) is 92.8 Å². The van der Waals surface area contributed by atoms with Crippen molar-refractivity contribution in [3.63, 3.8) is 0 Å². The van der Waals surface area contributed by atoms with Gasteiger partial charge >= 0.3 is 0 Å². The average Bonchev–Trinajstić information content (AvgIpc) is 3.09. The molecule has 0 amide bonds. The van der Waals surface area contributed by atoms with Gasteiger partial charge in [0.25, 0.3) is 5.56 Å². The van der Waals surface area contributed by atoms with Crippen molar-refractivity contribution in [3.8, 4) is 17.1 Å². The summed E-state index contributed by atoms with van der Waals surface area (Å²) in [4.78, 5) is 22.9. The maximum Gasteiger partial charge on any atom is 0.255 e. The number of aryl methyl sites for hydroxylation is 1. The Morgan fingerprint density at radius 2 is 1.81 bits per heavy atom. The van der Waals surface area contributed by atoms with E-state index >= 15 is 0 Å². The molecule has 1 aliphatic heterocycles. The van der Waals surface area contributed by atoms with Gasteiger partial charge in [-0.05, 0) is 50.2 Å². The minimum absolute atomic E-state index is 0.0695. The molecular formula is C25H26N6O. The summed E-state index contributed by atoms with van der Waals surface area (Å²) >= 11 is 0. The van der Waals surface area contributed by atoms with Crippen LogP contribution >= 0.6 is 0 Å². The third-order valence-electron chi connectivity index (χ3n) is 6.16. The molecule has 1 aliphatic rings. The van der Waals surface area contributed by atoms with Crippen molar-refractivity contribution in [2.24, 2.45) is 0 Å². The van der Waals surface area contributed by atoms with Crippen LogP contribution in [0.5, 0.6) is 0 Å². The molecule has 4 aromatic rings. The number of nitrogens with two attached hydrogens (primary N) is 1. The van der Waals surface area contributed by atoms with E-state index in [9.17, 15) is 4.79 Å². The molecule has 2 aromatic carbocycles. The summed E-state index contributed by atoms with van der Waals surface area (Å²) in [7, 11) is 0. The Morgan fingerprint density at radius 1 is 1.06 bits per heavy atom. The molecule has 7 nitrogen and oxygen atoms in total. The van der Waals surface area contributed by atoms with Crippen molar-refractivity contribution in [2.45, 2.75) is 33.4 Å². The van der Waals surface area contributed by atoms with Crippen LogP contribution in [0.15, 0.2) is 59.4 Å². The van der Waals surface area contributed by atoms with Crippen molar-refractivity contribution >= 4 is 5.69 Å². The number of hydrogen-bond donors (Lipinski definition) is 2. The Labute approximate surface area is 186 Å². The standard InChI is InChI=1S/C25H26N6O/c1-16-21(17(2)31(29-16)20-6-4-3-5-7-20)14-30-13-12-23-22(15-30)25(32)28-24(27-23)18-8-10-19(26)11-9-18/h3-11H,12-15,26H2,1-2H3,(H,27,28,32). The molecule has 0 spiro atoms. The van der Waals surface area contributed by atoms with E-state index in [4.69, 9.17) is 15.8 Å². The lowest BCUT2D eigenvalue weighted by Gasteiger charge is -2.27. The number of aromatic amines is 1. The average molecular weight is 427 g/mol. The summed E-state index contributed by atoms with van der Waals surface area (Å²) in [5, 5.41) is 4.76. The lowest BCUT2D eigenvalue weighted by molar-refractivity contribution is 0.241. The lowest BCUT2D eigenvalue weighted by atomic mass is 10.0. The van der Waals surface area contributed by atoms with Crippen LogP contribution in [0.2, 0.25) is 0 Å². The lowest BCUT2D eigenvalue weighted by Crippen LogP contribution is -2.35. The molecule has 0 atom stereocenters. The number of nitrogens with zero attached hydrogens (tertiary/aromatic N) is 4. The van der Waals surface area contributed by atoms with Crippen molar-refractivity contribution in [3.05, 3.63) is 93.2 Å². The molecule has 0 unspecified atom stereocenters. The fourth-order valence-corrected chi connectivity index (χ4v) is 4.34. The highest BCUT2D eigenvalue weighted by Gasteiger charge is 2.24. The van der Waals surface area contributed by atoms with Gasteiger partial charge in [-0.1, -0.05) is 18.2 Å². The summed E-state index contributed by atoms with van der Waals surface area (Å²) in [6.07, 6.45) is 0.742. The van der Waals surface area contributed by atoms with Gasteiger partial charge in [0.2, 0.25) is 0 Å². The Bertz CT molecular complexity index is 1320.